The molecule has 0 heterocycles. The van der Waals surface area contributed by atoms with E-state index < -0.39 is 9.84 Å². The highest BCUT2D eigenvalue weighted by molar-refractivity contribution is 7.90. The molecule has 8 heteroatoms. The molecule has 8 rings (SSSR count). The molecule has 5 aromatic carbocycles. The zero-order chi connectivity index (χ0) is 45.0. The fourth-order valence-electron chi connectivity index (χ4n) is 10.9. The minimum absolute atomic E-state index is 0. The van der Waals surface area contributed by atoms with Crippen molar-refractivity contribution in [2.45, 2.75) is 94.2 Å². The first-order valence-electron chi connectivity index (χ1n) is 22.1. The summed E-state index contributed by atoms with van der Waals surface area (Å²) in [7, 11) is 0.147. The molecule has 2 saturated carbocycles. The number of aliphatic hydroxyl groups excluding tert-OH is 2. The van der Waals surface area contributed by atoms with Crippen molar-refractivity contribution in [3.8, 4) is 11.5 Å². The molecule has 5 aromatic rings. The lowest BCUT2D eigenvalue weighted by atomic mass is 9.53. The summed E-state index contributed by atoms with van der Waals surface area (Å²) >= 11 is 0. The number of methoxy groups -OCH3 is 2. The number of aliphatic hydroxyl groups is 2. The molecular formula is C55H64O7S. The van der Waals surface area contributed by atoms with Crippen LogP contribution in [0.4, 0.5) is 0 Å². The zero-order valence-corrected chi connectivity index (χ0v) is 38.2. The second kappa shape index (κ2) is 18.8. The smallest absolute Gasteiger partial charge is 0.193 e. The van der Waals surface area contributed by atoms with Gasteiger partial charge in [0.25, 0.3) is 0 Å². The normalized spacial score (nSPS) is 17.6. The van der Waals surface area contributed by atoms with Crippen molar-refractivity contribution in [2.75, 3.05) is 20.5 Å². The van der Waals surface area contributed by atoms with Crippen LogP contribution in [0.5, 0.6) is 11.5 Å². The van der Waals surface area contributed by atoms with Crippen LogP contribution < -0.4 is 9.47 Å². The number of hydrogen-bond acceptors (Lipinski definition) is 7. The average molecular weight is 869 g/mol. The molecule has 0 bridgehead atoms. The highest BCUT2D eigenvalue weighted by atomic mass is 32.2. The second-order valence-electron chi connectivity index (χ2n) is 18.4. The van der Waals surface area contributed by atoms with E-state index in [0.29, 0.717) is 28.5 Å². The van der Waals surface area contributed by atoms with Gasteiger partial charge in [0.2, 0.25) is 0 Å². The number of ketones is 1. The van der Waals surface area contributed by atoms with Crippen LogP contribution in [0, 0.1) is 17.3 Å². The number of hydrogen-bond donors (Lipinski definition) is 2. The molecule has 0 atom stereocenters. The minimum Gasteiger partial charge on any atom is -0.497 e. The Bertz CT molecular complexity index is 2310. The molecule has 7 nitrogen and oxygen atoms in total. The van der Waals surface area contributed by atoms with E-state index in [0.717, 1.165) is 54.6 Å². The van der Waals surface area contributed by atoms with Gasteiger partial charge >= 0.3 is 0 Å². The minimum atomic E-state index is -3.32. The first-order chi connectivity index (χ1) is 30.2. The summed E-state index contributed by atoms with van der Waals surface area (Å²) in [5.41, 5.74) is 8.72. The van der Waals surface area contributed by atoms with E-state index in [1.165, 1.54) is 54.0 Å². The van der Waals surface area contributed by atoms with Crippen LogP contribution in [0.3, 0.4) is 0 Å². The summed E-state index contributed by atoms with van der Waals surface area (Å²) in [6.07, 6.45) is 13.5. The van der Waals surface area contributed by atoms with Gasteiger partial charge in [-0.05, 0) is 132 Å². The molecule has 0 spiro atoms. The largest absolute Gasteiger partial charge is 0.497 e. The van der Waals surface area contributed by atoms with E-state index in [-0.39, 0.29) is 41.6 Å². The standard InChI is InChI=1S/C43H52O4.C12H10O3S.H2/c1-41(2,33-21-25-42(26-22-33,35-9-5-31(29-44)6-10-35)36-11-7-32(30-45)8-12-36)34-23-27-43(28-24-34,37-13-17-39(46-3)18-14-37)38-15-19-40(47-4)20-16-38;1-8-6-7-9-10(12(8)13)4-3-5-11(9)16(2,14)15;/h5-20,33-34,44-45H,21-30H2,1-4H3;3-7H,1H2,2H3;1H. The van der Waals surface area contributed by atoms with Crippen LogP contribution in [0.2, 0.25) is 0 Å². The van der Waals surface area contributed by atoms with Crippen molar-refractivity contribution in [1.82, 2.24) is 0 Å². The molecule has 0 aliphatic heterocycles. The fourth-order valence-corrected chi connectivity index (χ4v) is 11.8. The van der Waals surface area contributed by atoms with Gasteiger partial charge in [0.15, 0.2) is 15.6 Å². The van der Waals surface area contributed by atoms with E-state index in [9.17, 15) is 23.4 Å². The second-order valence-corrected chi connectivity index (χ2v) is 20.4. The van der Waals surface area contributed by atoms with E-state index in [2.05, 4.69) is 117 Å². The van der Waals surface area contributed by atoms with E-state index in [1.54, 1.807) is 38.5 Å². The van der Waals surface area contributed by atoms with Crippen LogP contribution in [0.15, 0.2) is 138 Å². The van der Waals surface area contributed by atoms with Crippen molar-refractivity contribution >= 4 is 21.7 Å². The molecular weight excluding hydrogens is 805 g/mol. The Balaban J connectivity index is 0.000000336. The van der Waals surface area contributed by atoms with Crippen molar-refractivity contribution in [1.29, 1.82) is 0 Å². The monoisotopic (exact) mass is 868 g/mol. The predicted octanol–water partition coefficient (Wildman–Crippen LogP) is 11.5. The van der Waals surface area contributed by atoms with Crippen molar-refractivity contribution in [2.24, 2.45) is 17.3 Å². The van der Waals surface area contributed by atoms with Gasteiger partial charge in [0.1, 0.15) is 11.5 Å². The zero-order valence-electron chi connectivity index (χ0n) is 37.4. The van der Waals surface area contributed by atoms with Gasteiger partial charge in [0.05, 0.1) is 32.3 Å². The Kier molecular flexibility index (Phi) is 13.7. The van der Waals surface area contributed by atoms with Crippen LogP contribution in [-0.2, 0) is 33.9 Å². The third-order valence-corrected chi connectivity index (χ3v) is 16.1. The topological polar surface area (TPSA) is 110 Å². The molecule has 0 radical (unpaired) electrons. The molecule has 2 fully saturated rings. The van der Waals surface area contributed by atoms with E-state index in [1.807, 2.05) is 0 Å². The SMILES string of the molecule is C=C1C=Cc2c(cccc2S(C)(=O)=O)C1=O.COc1ccc(C2(c3ccc(OC)cc3)CCC(C(C)(C)C3CCC(c4ccc(CO)cc4)(c4ccc(CO)cc4)CC3)CC2)cc1.[HH]. The quantitative estimate of drug-likeness (QED) is 0.127. The Morgan fingerprint density at radius 2 is 1.02 bits per heavy atom. The van der Waals surface area contributed by atoms with E-state index in [4.69, 9.17) is 9.47 Å². The van der Waals surface area contributed by atoms with Crippen LogP contribution in [-0.4, -0.2) is 44.9 Å². The van der Waals surface area contributed by atoms with Gasteiger partial charge < -0.3 is 19.7 Å². The Morgan fingerprint density at radius 3 is 1.37 bits per heavy atom. The molecule has 0 unspecified atom stereocenters. The first-order valence-corrected chi connectivity index (χ1v) is 24.0. The van der Waals surface area contributed by atoms with Gasteiger partial charge in [-0.2, -0.15) is 0 Å². The summed E-state index contributed by atoms with van der Waals surface area (Å²) in [6, 6.07) is 39.5. The number of benzene rings is 5. The van der Waals surface area contributed by atoms with Gasteiger partial charge in [-0.15, -0.1) is 0 Å². The lowest BCUT2D eigenvalue weighted by molar-refractivity contribution is 0.0364. The maximum absolute atomic E-state index is 11.8. The summed E-state index contributed by atoms with van der Waals surface area (Å²) in [6.45, 7) is 8.83. The number of allylic oxidation sites excluding steroid dienone is 2. The number of carbonyl (C=O) groups excluding carboxylic acids is 1. The molecule has 0 amide bonds. The third-order valence-electron chi connectivity index (χ3n) is 14.9. The Labute approximate surface area is 375 Å². The maximum Gasteiger partial charge on any atom is 0.193 e. The maximum atomic E-state index is 11.8. The molecule has 3 aliphatic carbocycles. The van der Waals surface area contributed by atoms with Crippen molar-refractivity contribution in [3.63, 3.8) is 0 Å². The average Bonchev–Trinajstić information content (AvgIpc) is 3.32. The molecule has 332 valence electrons. The number of Topliss-reactive ketones (excluding diaryl/α,β-unsaturated/α-hetero) is 1. The fraction of sp³-hybridized carbons (Fsp3) is 0.364. The lowest BCUT2D eigenvalue weighted by Crippen LogP contribution is -2.43. The number of carbonyl (C=O) groups is 1. The van der Waals surface area contributed by atoms with Gasteiger partial charge in [-0.3, -0.25) is 4.79 Å². The number of rotatable bonds is 11. The van der Waals surface area contributed by atoms with E-state index >= 15 is 0 Å². The predicted molar refractivity (Wildman–Crippen MR) is 254 cm³/mol. The highest BCUT2D eigenvalue weighted by Gasteiger charge is 2.48. The van der Waals surface area contributed by atoms with Crippen LogP contribution in [0.25, 0.3) is 6.08 Å². The molecule has 0 saturated heterocycles. The van der Waals surface area contributed by atoms with Gasteiger partial charge in [0, 0.05) is 35.2 Å². The van der Waals surface area contributed by atoms with Crippen LogP contribution in [0.1, 0.15) is 116 Å². The number of sulfone groups is 1. The highest BCUT2D eigenvalue weighted by Crippen LogP contribution is 2.57. The Morgan fingerprint density at radius 1 is 0.635 bits per heavy atom. The first kappa shape index (κ1) is 45.7. The number of ether oxygens (including phenoxy) is 2. The Hall–Kier alpha value is -5.28. The third kappa shape index (κ3) is 9.22. The van der Waals surface area contributed by atoms with Crippen molar-refractivity contribution in [3.05, 3.63) is 178 Å². The van der Waals surface area contributed by atoms with Gasteiger partial charge in [-0.25, -0.2) is 8.42 Å². The summed E-state index contributed by atoms with van der Waals surface area (Å²) in [4.78, 5) is 11.9. The summed E-state index contributed by atoms with van der Waals surface area (Å²) < 4.78 is 34.1. The lowest BCUT2D eigenvalue weighted by Gasteiger charge is -2.51. The molecule has 63 heavy (non-hydrogen) atoms. The number of fused-ring (bicyclic) bond motifs is 1. The molecule has 3 aliphatic rings. The molecule has 0 aromatic heterocycles. The van der Waals surface area contributed by atoms with Crippen LogP contribution >= 0.6 is 0 Å². The summed E-state index contributed by atoms with van der Waals surface area (Å²) in [5, 5.41) is 19.4. The van der Waals surface area contributed by atoms with Crippen molar-refractivity contribution < 1.29 is 34.3 Å². The molecule has 2 N–H and O–H groups in total. The summed E-state index contributed by atoms with van der Waals surface area (Å²) in [5.74, 6) is 2.90. The van der Waals surface area contributed by atoms with Gasteiger partial charge in [-0.1, -0.05) is 118 Å².